The molecule has 0 atom stereocenters. The minimum Gasteiger partial charge on any atom is -0.441 e. The number of carbonyl (C=O) groups is 2. The monoisotopic (exact) mass is 485 g/mol. The molecular weight excluding hydrogens is 458 g/mol. The van der Waals surface area contributed by atoms with Gasteiger partial charge in [-0.15, -0.1) is 0 Å². The number of nitrogens with zero attached hydrogens (tertiary/aromatic N) is 3. The van der Waals surface area contributed by atoms with Gasteiger partial charge in [-0.2, -0.15) is 0 Å². The molecule has 1 spiro atoms. The third-order valence-corrected chi connectivity index (χ3v) is 6.90. The van der Waals surface area contributed by atoms with Gasteiger partial charge in [-0.3, -0.25) is 19.8 Å². The number of benzene rings is 2. The molecule has 2 aromatic carbocycles. The summed E-state index contributed by atoms with van der Waals surface area (Å²) in [7, 11) is 0. The Hall–Kier alpha value is -3.13. The van der Waals surface area contributed by atoms with Crippen LogP contribution in [0.5, 0.6) is 0 Å². The first-order valence-corrected chi connectivity index (χ1v) is 11.7. The third kappa shape index (κ3) is 4.87. The first-order valence-electron chi connectivity index (χ1n) is 11.3. The molecule has 8 nitrogen and oxygen atoms in total. The first-order chi connectivity index (χ1) is 16.0. The van der Waals surface area contributed by atoms with Crippen LogP contribution in [0.4, 0.5) is 10.5 Å². The Morgan fingerprint density at radius 2 is 1.79 bits per heavy atom. The number of carbonyl (C=O) groups excluding carboxylic acids is 2. The highest BCUT2D eigenvalue weighted by molar-refractivity contribution is 6.34. The fourth-order valence-corrected chi connectivity index (χ4v) is 4.74. The lowest BCUT2D eigenvalue weighted by Gasteiger charge is -2.37. The predicted octanol–water partition coefficient (Wildman–Crippen LogP) is 5.17. The van der Waals surface area contributed by atoms with Crippen molar-refractivity contribution < 1.29 is 19.2 Å². The highest BCUT2D eigenvalue weighted by Crippen LogP contribution is 2.35. The molecule has 2 aromatic rings. The van der Waals surface area contributed by atoms with Gasteiger partial charge in [0.15, 0.2) is 0 Å². The van der Waals surface area contributed by atoms with Gasteiger partial charge < -0.3 is 9.64 Å². The molecule has 180 valence electrons. The highest BCUT2D eigenvalue weighted by Gasteiger charge is 2.47. The van der Waals surface area contributed by atoms with Crippen molar-refractivity contribution in [3.8, 4) is 0 Å². The lowest BCUT2D eigenvalue weighted by Crippen LogP contribution is -2.48. The van der Waals surface area contributed by atoms with E-state index in [1.54, 1.807) is 9.80 Å². The molecule has 2 amide bonds. The van der Waals surface area contributed by atoms with Crippen LogP contribution in [0.1, 0.15) is 55.1 Å². The number of ether oxygens (including phenoxy) is 1. The summed E-state index contributed by atoms with van der Waals surface area (Å²) in [6.07, 6.45) is 0.710. The van der Waals surface area contributed by atoms with Gasteiger partial charge in [0.1, 0.15) is 5.60 Å². The molecule has 2 saturated heterocycles. The molecule has 2 aliphatic heterocycles. The Morgan fingerprint density at radius 1 is 1.15 bits per heavy atom. The van der Waals surface area contributed by atoms with Gasteiger partial charge in [0.05, 0.1) is 22.1 Å². The average molecular weight is 486 g/mol. The maximum atomic E-state index is 12.9. The van der Waals surface area contributed by atoms with Crippen molar-refractivity contribution in [2.75, 3.05) is 19.6 Å². The Bertz CT molecular complexity index is 1120. The molecular formula is C25H28ClN3O5. The summed E-state index contributed by atoms with van der Waals surface area (Å²) in [4.78, 5) is 39.3. The zero-order valence-corrected chi connectivity index (χ0v) is 20.3. The van der Waals surface area contributed by atoms with Crippen molar-refractivity contribution in [1.29, 1.82) is 0 Å². The van der Waals surface area contributed by atoms with E-state index in [4.69, 9.17) is 16.3 Å². The van der Waals surface area contributed by atoms with Crippen molar-refractivity contribution in [3.63, 3.8) is 0 Å². The number of hydrogen-bond donors (Lipinski definition) is 0. The van der Waals surface area contributed by atoms with Gasteiger partial charge in [0.2, 0.25) is 0 Å². The van der Waals surface area contributed by atoms with Crippen LogP contribution in [0, 0.1) is 10.1 Å². The number of rotatable bonds is 4. The Labute approximate surface area is 203 Å². The van der Waals surface area contributed by atoms with Crippen molar-refractivity contribution in [1.82, 2.24) is 9.80 Å². The van der Waals surface area contributed by atoms with Crippen LogP contribution in [0.2, 0.25) is 5.02 Å². The minimum atomic E-state index is -0.613. The van der Waals surface area contributed by atoms with E-state index in [1.165, 1.54) is 23.8 Å². The van der Waals surface area contributed by atoms with Gasteiger partial charge in [0, 0.05) is 44.6 Å². The van der Waals surface area contributed by atoms with Crippen LogP contribution in [-0.2, 0) is 16.7 Å². The molecule has 9 heteroatoms. The van der Waals surface area contributed by atoms with E-state index in [9.17, 15) is 19.7 Å². The van der Waals surface area contributed by atoms with Gasteiger partial charge >= 0.3 is 6.09 Å². The number of nitro benzene ring substituents is 1. The Kier molecular flexibility index (Phi) is 6.29. The zero-order valence-electron chi connectivity index (χ0n) is 19.5. The van der Waals surface area contributed by atoms with E-state index >= 15 is 0 Å². The van der Waals surface area contributed by atoms with Gasteiger partial charge in [-0.05, 0) is 22.6 Å². The number of non-ortho nitro benzene ring substituents is 1. The molecule has 0 saturated carbocycles. The number of nitro groups is 1. The van der Waals surface area contributed by atoms with Crippen molar-refractivity contribution >= 4 is 29.3 Å². The van der Waals surface area contributed by atoms with Crippen molar-refractivity contribution in [3.05, 3.63) is 74.3 Å². The molecule has 0 unspecified atom stereocenters. The Balaban J connectivity index is 1.37. The van der Waals surface area contributed by atoms with E-state index in [-0.39, 0.29) is 33.7 Å². The smallest absolute Gasteiger partial charge is 0.410 e. The van der Waals surface area contributed by atoms with E-state index in [1.807, 2.05) is 12.1 Å². The van der Waals surface area contributed by atoms with Gasteiger partial charge in [-0.1, -0.05) is 56.6 Å². The fraction of sp³-hybridized carbons (Fsp3) is 0.440. The molecule has 34 heavy (non-hydrogen) atoms. The lowest BCUT2D eigenvalue weighted by molar-refractivity contribution is -0.384. The summed E-state index contributed by atoms with van der Waals surface area (Å²) in [6, 6.07) is 12.1. The second-order valence-electron chi connectivity index (χ2n) is 10.1. The second kappa shape index (κ2) is 8.91. The van der Waals surface area contributed by atoms with E-state index in [2.05, 4.69) is 32.9 Å². The largest absolute Gasteiger partial charge is 0.441 e. The average Bonchev–Trinajstić information content (AvgIpc) is 3.07. The summed E-state index contributed by atoms with van der Waals surface area (Å²) >= 11 is 6.13. The lowest BCUT2D eigenvalue weighted by atomic mass is 9.86. The van der Waals surface area contributed by atoms with Crippen LogP contribution in [0.3, 0.4) is 0 Å². The SMILES string of the molecule is CC(C)(C)c1ccc(CN2CC3(CCN(C(=O)c4ccc([N+](=O)[O-])cc4Cl)CC3)OC2=O)cc1. The molecule has 0 aromatic heterocycles. The maximum absolute atomic E-state index is 12.9. The normalized spacial score (nSPS) is 17.7. The van der Waals surface area contributed by atoms with Crippen LogP contribution in [0.25, 0.3) is 0 Å². The molecule has 0 radical (unpaired) electrons. The molecule has 2 fully saturated rings. The van der Waals surface area contributed by atoms with Gasteiger partial charge in [-0.25, -0.2) is 4.79 Å². The van der Waals surface area contributed by atoms with Crippen LogP contribution < -0.4 is 0 Å². The topological polar surface area (TPSA) is 93.0 Å². The highest BCUT2D eigenvalue weighted by atomic mass is 35.5. The Morgan fingerprint density at radius 3 is 2.35 bits per heavy atom. The fourth-order valence-electron chi connectivity index (χ4n) is 4.48. The quantitative estimate of drug-likeness (QED) is 0.439. The first kappa shape index (κ1) is 24.0. The molecule has 2 aliphatic rings. The predicted molar refractivity (Wildman–Crippen MR) is 128 cm³/mol. The number of halogens is 1. The third-order valence-electron chi connectivity index (χ3n) is 6.59. The summed E-state index contributed by atoms with van der Waals surface area (Å²) < 4.78 is 5.80. The molecule has 0 N–H and O–H groups in total. The second-order valence-corrected chi connectivity index (χ2v) is 10.5. The minimum absolute atomic E-state index is 0.0513. The summed E-state index contributed by atoms with van der Waals surface area (Å²) in [6.45, 7) is 8.27. The standard InChI is InChI=1S/C25H28ClN3O5/c1-24(2,3)18-6-4-17(5-7-18)15-28-16-25(34-23(28)31)10-12-27(13-11-25)22(30)20-9-8-19(29(32)33)14-21(20)26/h4-9,14H,10-13,15-16H2,1-3H3. The molecule has 2 heterocycles. The van der Waals surface area contributed by atoms with E-state index < -0.39 is 10.5 Å². The van der Waals surface area contributed by atoms with Crippen molar-refractivity contribution in [2.24, 2.45) is 0 Å². The summed E-state index contributed by atoms with van der Waals surface area (Å²) in [5.74, 6) is -0.283. The molecule has 4 rings (SSSR count). The maximum Gasteiger partial charge on any atom is 0.410 e. The zero-order chi connectivity index (χ0) is 24.7. The summed E-state index contributed by atoms with van der Waals surface area (Å²) in [5.41, 5.74) is 1.80. The van der Waals surface area contributed by atoms with Crippen molar-refractivity contribution in [2.45, 2.75) is 51.2 Å². The number of piperidine rings is 1. The van der Waals surface area contributed by atoms with Gasteiger partial charge in [0.25, 0.3) is 11.6 Å². The van der Waals surface area contributed by atoms with E-state index in [0.717, 1.165) is 5.56 Å². The molecule has 0 bridgehead atoms. The summed E-state index contributed by atoms with van der Waals surface area (Å²) in [5, 5.41) is 11.0. The number of likely N-dealkylation sites (tertiary alicyclic amines) is 1. The number of hydrogen-bond acceptors (Lipinski definition) is 5. The number of amides is 2. The van der Waals surface area contributed by atoms with E-state index in [0.29, 0.717) is 39.0 Å². The molecule has 0 aliphatic carbocycles. The van der Waals surface area contributed by atoms with Crippen LogP contribution in [-0.4, -0.2) is 52.0 Å². The van der Waals surface area contributed by atoms with Crippen LogP contribution >= 0.6 is 11.6 Å². The van der Waals surface area contributed by atoms with Crippen LogP contribution in [0.15, 0.2) is 42.5 Å².